The zero-order valence-corrected chi connectivity index (χ0v) is 11.4. The van der Waals surface area contributed by atoms with E-state index >= 15 is 0 Å². The number of fused-ring (bicyclic) bond motifs is 1. The molecule has 3 nitrogen and oxygen atoms in total. The van der Waals surface area contributed by atoms with E-state index in [2.05, 4.69) is 32.9 Å². The number of nitrogens with zero attached hydrogens (tertiary/aromatic N) is 2. The molecule has 90 valence electrons. The molecule has 0 aliphatic rings. The number of pyridine rings is 1. The molecule has 0 bridgehead atoms. The molecule has 2 heterocycles. The van der Waals surface area contributed by atoms with Crippen molar-refractivity contribution in [3.05, 3.63) is 58.2 Å². The third-order valence-corrected chi connectivity index (χ3v) is 3.23. The van der Waals surface area contributed by atoms with Gasteiger partial charge < -0.3 is 9.72 Å². The molecule has 2 aromatic heterocycles. The molecular formula is C13H9FIN3. The summed E-state index contributed by atoms with van der Waals surface area (Å²) >= 11 is 2.08. The second-order valence-electron chi connectivity index (χ2n) is 3.84. The Morgan fingerprint density at radius 3 is 2.89 bits per heavy atom. The predicted molar refractivity (Wildman–Crippen MR) is 77.6 cm³/mol. The number of imidazole rings is 1. The van der Waals surface area contributed by atoms with Crippen LogP contribution in [0.5, 0.6) is 0 Å². The van der Waals surface area contributed by atoms with Crippen LogP contribution in [0.1, 0.15) is 0 Å². The summed E-state index contributed by atoms with van der Waals surface area (Å²) in [6.07, 6.45) is 3.73. The molecule has 3 aromatic rings. The first-order chi connectivity index (χ1) is 8.72. The standard InChI is InChI=1S/C13H9FIN3/c14-10-7-9(15)4-5-11(10)16-12-8-18-6-2-1-3-13(18)17-12/h1-8,16H. The maximum atomic E-state index is 13.7. The van der Waals surface area contributed by atoms with E-state index in [1.165, 1.54) is 6.07 Å². The minimum absolute atomic E-state index is 0.279. The Bertz CT molecular complexity index is 675. The van der Waals surface area contributed by atoms with Crippen LogP contribution >= 0.6 is 22.6 Å². The lowest BCUT2D eigenvalue weighted by atomic mass is 10.3. The Morgan fingerprint density at radius 2 is 2.11 bits per heavy atom. The minimum Gasteiger partial charge on any atom is -0.337 e. The lowest BCUT2D eigenvalue weighted by molar-refractivity contribution is 0.631. The van der Waals surface area contributed by atoms with E-state index in [0.29, 0.717) is 11.5 Å². The Hall–Kier alpha value is -1.63. The van der Waals surface area contributed by atoms with Gasteiger partial charge in [-0.1, -0.05) is 6.07 Å². The van der Waals surface area contributed by atoms with Gasteiger partial charge in [0.15, 0.2) is 0 Å². The zero-order chi connectivity index (χ0) is 12.5. The third kappa shape index (κ3) is 2.17. The lowest BCUT2D eigenvalue weighted by Gasteiger charge is -2.04. The summed E-state index contributed by atoms with van der Waals surface area (Å²) in [5.41, 5.74) is 1.25. The number of hydrogen-bond donors (Lipinski definition) is 1. The molecule has 0 spiro atoms. The van der Waals surface area contributed by atoms with E-state index in [9.17, 15) is 4.39 Å². The summed E-state index contributed by atoms with van der Waals surface area (Å²) in [5, 5.41) is 2.98. The highest BCUT2D eigenvalue weighted by atomic mass is 127. The normalized spacial score (nSPS) is 10.8. The molecule has 0 aliphatic heterocycles. The molecule has 0 atom stereocenters. The molecule has 0 aliphatic carbocycles. The van der Waals surface area contributed by atoms with E-state index in [1.807, 2.05) is 41.1 Å². The summed E-state index contributed by atoms with van der Waals surface area (Å²) in [6, 6.07) is 10.8. The molecule has 0 saturated heterocycles. The molecule has 3 rings (SSSR count). The van der Waals surface area contributed by atoms with Crippen molar-refractivity contribution in [2.75, 3.05) is 5.32 Å². The summed E-state index contributed by atoms with van der Waals surface area (Å²) in [4.78, 5) is 4.35. The second-order valence-corrected chi connectivity index (χ2v) is 5.09. The Kier molecular flexibility index (Phi) is 2.91. The smallest absolute Gasteiger partial charge is 0.149 e. The zero-order valence-electron chi connectivity index (χ0n) is 9.27. The van der Waals surface area contributed by atoms with Crippen molar-refractivity contribution in [3.8, 4) is 0 Å². The van der Waals surface area contributed by atoms with Crippen molar-refractivity contribution in [1.29, 1.82) is 0 Å². The number of aromatic nitrogens is 2. The Labute approximate surface area is 117 Å². The number of nitrogens with one attached hydrogen (secondary N) is 1. The van der Waals surface area contributed by atoms with Crippen LogP contribution in [0, 0.1) is 9.39 Å². The second kappa shape index (κ2) is 4.56. The Balaban J connectivity index is 1.96. The van der Waals surface area contributed by atoms with Crippen LogP contribution in [-0.4, -0.2) is 9.38 Å². The van der Waals surface area contributed by atoms with Gasteiger partial charge in [0.1, 0.15) is 17.3 Å². The summed E-state index contributed by atoms with van der Waals surface area (Å²) in [5.74, 6) is 0.347. The van der Waals surface area contributed by atoms with E-state index < -0.39 is 0 Å². The number of hydrogen-bond acceptors (Lipinski definition) is 2. The monoisotopic (exact) mass is 353 g/mol. The molecule has 18 heavy (non-hydrogen) atoms. The average Bonchev–Trinajstić information content (AvgIpc) is 2.75. The molecule has 1 aromatic carbocycles. The van der Waals surface area contributed by atoms with Crippen molar-refractivity contribution in [2.45, 2.75) is 0 Å². The van der Waals surface area contributed by atoms with E-state index in [4.69, 9.17) is 0 Å². The fourth-order valence-corrected chi connectivity index (χ4v) is 2.18. The largest absolute Gasteiger partial charge is 0.337 e. The molecule has 0 saturated carbocycles. The number of halogens is 2. The van der Waals surface area contributed by atoms with Gasteiger partial charge in [-0.25, -0.2) is 9.37 Å². The maximum Gasteiger partial charge on any atom is 0.149 e. The number of benzene rings is 1. The van der Waals surface area contributed by atoms with Crippen LogP contribution in [-0.2, 0) is 0 Å². The van der Waals surface area contributed by atoms with Gasteiger partial charge in [-0.05, 0) is 52.9 Å². The first-order valence-corrected chi connectivity index (χ1v) is 6.46. The van der Waals surface area contributed by atoms with E-state index in [-0.39, 0.29) is 5.82 Å². The van der Waals surface area contributed by atoms with Crippen molar-refractivity contribution >= 4 is 39.7 Å². The molecule has 1 N–H and O–H groups in total. The van der Waals surface area contributed by atoms with Crippen LogP contribution in [0.25, 0.3) is 5.65 Å². The molecule has 5 heteroatoms. The van der Waals surface area contributed by atoms with Gasteiger partial charge in [0.05, 0.1) is 11.9 Å². The minimum atomic E-state index is -0.279. The Morgan fingerprint density at radius 1 is 1.22 bits per heavy atom. The molecule has 0 amide bonds. The van der Waals surface area contributed by atoms with Gasteiger partial charge in [0.2, 0.25) is 0 Å². The van der Waals surface area contributed by atoms with Crippen molar-refractivity contribution < 1.29 is 4.39 Å². The molecule has 0 radical (unpaired) electrons. The van der Waals surface area contributed by atoms with Crippen LogP contribution in [0.15, 0.2) is 48.8 Å². The lowest BCUT2D eigenvalue weighted by Crippen LogP contribution is -1.94. The first kappa shape index (κ1) is 11.5. The van der Waals surface area contributed by atoms with Gasteiger partial charge >= 0.3 is 0 Å². The number of rotatable bonds is 2. The van der Waals surface area contributed by atoms with Gasteiger partial charge in [-0.3, -0.25) is 0 Å². The van der Waals surface area contributed by atoms with Gasteiger partial charge in [-0.2, -0.15) is 0 Å². The van der Waals surface area contributed by atoms with Crippen molar-refractivity contribution in [1.82, 2.24) is 9.38 Å². The highest BCUT2D eigenvalue weighted by Gasteiger charge is 2.05. The molecule has 0 unspecified atom stereocenters. The molecule has 0 fully saturated rings. The SMILES string of the molecule is Fc1cc(I)ccc1Nc1cn2ccccc2n1. The highest BCUT2D eigenvalue weighted by molar-refractivity contribution is 14.1. The van der Waals surface area contributed by atoms with Gasteiger partial charge in [0.25, 0.3) is 0 Å². The summed E-state index contributed by atoms with van der Waals surface area (Å²) < 4.78 is 16.4. The van der Waals surface area contributed by atoms with Gasteiger partial charge in [-0.15, -0.1) is 0 Å². The topological polar surface area (TPSA) is 29.3 Å². The summed E-state index contributed by atoms with van der Waals surface area (Å²) in [6.45, 7) is 0. The van der Waals surface area contributed by atoms with E-state index in [0.717, 1.165) is 9.22 Å². The quantitative estimate of drug-likeness (QED) is 0.710. The van der Waals surface area contributed by atoms with E-state index in [1.54, 1.807) is 6.07 Å². The summed E-state index contributed by atoms with van der Waals surface area (Å²) in [7, 11) is 0. The first-order valence-electron chi connectivity index (χ1n) is 5.38. The third-order valence-electron chi connectivity index (χ3n) is 2.56. The predicted octanol–water partition coefficient (Wildman–Crippen LogP) is 3.82. The molecular weight excluding hydrogens is 344 g/mol. The fourth-order valence-electron chi connectivity index (χ4n) is 1.72. The van der Waals surface area contributed by atoms with Crippen molar-refractivity contribution in [2.24, 2.45) is 0 Å². The van der Waals surface area contributed by atoms with Gasteiger partial charge in [0, 0.05) is 9.77 Å². The van der Waals surface area contributed by atoms with Crippen molar-refractivity contribution in [3.63, 3.8) is 0 Å². The highest BCUT2D eigenvalue weighted by Crippen LogP contribution is 2.21. The average molecular weight is 353 g/mol. The van der Waals surface area contributed by atoms with Crippen LogP contribution < -0.4 is 5.32 Å². The fraction of sp³-hybridized carbons (Fsp3) is 0. The van der Waals surface area contributed by atoms with Crippen LogP contribution in [0.4, 0.5) is 15.9 Å². The maximum absolute atomic E-state index is 13.7. The van der Waals surface area contributed by atoms with Crippen LogP contribution in [0.3, 0.4) is 0 Å². The number of anilines is 2. The van der Waals surface area contributed by atoms with Crippen LogP contribution in [0.2, 0.25) is 0 Å².